The quantitative estimate of drug-likeness (QED) is 0.785. The minimum atomic E-state index is -0.925. The molecule has 2 rings (SSSR count). The van der Waals surface area contributed by atoms with Gasteiger partial charge in [-0.15, -0.1) is 0 Å². The number of hydrogen-bond acceptors (Lipinski definition) is 4. The fraction of sp³-hybridized carbons (Fsp3) is 0.357. The van der Waals surface area contributed by atoms with Crippen LogP contribution in [0.5, 0.6) is 5.75 Å². The SMILES string of the molecule is O=C(O)CCOc1cccc(C2CCC(=O)NC2=O)c1. The molecule has 1 aromatic carbocycles. The normalized spacial score (nSPS) is 18.5. The number of ether oxygens (including phenoxy) is 1. The van der Waals surface area contributed by atoms with Crippen molar-refractivity contribution < 1.29 is 24.2 Å². The summed E-state index contributed by atoms with van der Waals surface area (Å²) < 4.78 is 5.33. The third kappa shape index (κ3) is 3.57. The molecule has 1 unspecified atom stereocenters. The van der Waals surface area contributed by atoms with Crippen molar-refractivity contribution in [3.05, 3.63) is 29.8 Å². The molecule has 1 fully saturated rings. The molecular weight excluding hydrogens is 262 g/mol. The highest BCUT2D eigenvalue weighted by Gasteiger charge is 2.27. The zero-order valence-corrected chi connectivity index (χ0v) is 10.8. The van der Waals surface area contributed by atoms with Gasteiger partial charge in [0.15, 0.2) is 0 Å². The molecule has 1 saturated heterocycles. The lowest BCUT2D eigenvalue weighted by molar-refractivity contribution is -0.138. The van der Waals surface area contributed by atoms with Crippen molar-refractivity contribution in [2.75, 3.05) is 6.61 Å². The summed E-state index contributed by atoms with van der Waals surface area (Å²) in [6, 6.07) is 6.96. The van der Waals surface area contributed by atoms with Crippen LogP contribution in [-0.2, 0) is 14.4 Å². The number of piperidine rings is 1. The first-order chi connectivity index (χ1) is 9.56. The molecule has 0 aromatic heterocycles. The zero-order valence-electron chi connectivity index (χ0n) is 10.8. The minimum absolute atomic E-state index is 0.0775. The second kappa shape index (κ2) is 6.18. The van der Waals surface area contributed by atoms with Crippen LogP contribution in [0.15, 0.2) is 24.3 Å². The molecule has 0 radical (unpaired) electrons. The largest absolute Gasteiger partial charge is 0.493 e. The summed E-state index contributed by atoms with van der Waals surface area (Å²) in [7, 11) is 0. The van der Waals surface area contributed by atoms with Gasteiger partial charge in [-0.1, -0.05) is 12.1 Å². The summed E-state index contributed by atoms with van der Waals surface area (Å²) in [4.78, 5) is 33.3. The van der Waals surface area contributed by atoms with E-state index in [0.717, 1.165) is 5.56 Å². The van der Waals surface area contributed by atoms with E-state index < -0.39 is 5.97 Å². The Morgan fingerprint density at radius 3 is 2.90 bits per heavy atom. The number of rotatable bonds is 5. The summed E-state index contributed by atoms with van der Waals surface area (Å²) >= 11 is 0. The maximum Gasteiger partial charge on any atom is 0.306 e. The van der Waals surface area contributed by atoms with Gasteiger partial charge < -0.3 is 9.84 Å². The molecule has 1 heterocycles. The summed E-state index contributed by atoms with van der Waals surface area (Å²) in [5.74, 6) is -1.32. The number of imide groups is 1. The number of carboxylic acid groups (broad SMARTS) is 1. The molecule has 0 saturated carbocycles. The van der Waals surface area contributed by atoms with Crippen LogP contribution in [0.4, 0.5) is 0 Å². The van der Waals surface area contributed by atoms with E-state index in [1.165, 1.54) is 0 Å². The van der Waals surface area contributed by atoms with Crippen molar-refractivity contribution in [1.29, 1.82) is 0 Å². The average Bonchev–Trinajstić information content (AvgIpc) is 2.38. The molecule has 6 heteroatoms. The molecule has 20 heavy (non-hydrogen) atoms. The Bertz CT molecular complexity index is 540. The van der Waals surface area contributed by atoms with E-state index in [-0.39, 0.29) is 30.8 Å². The van der Waals surface area contributed by atoms with Gasteiger partial charge in [0.25, 0.3) is 0 Å². The van der Waals surface area contributed by atoms with E-state index in [1.54, 1.807) is 24.3 Å². The van der Waals surface area contributed by atoms with Crippen LogP contribution in [0, 0.1) is 0 Å². The first-order valence-electron chi connectivity index (χ1n) is 6.34. The molecule has 2 N–H and O–H groups in total. The Kier molecular flexibility index (Phi) is 4.34. The third-order valence-corrected chi connectivity index (χ3v) is 3.08. The zero-order chi connectivity index (χ0) is 14.5. The lowest BCUT2D eigenvalue weighted by atomic mass is 9.90. The number of carbonyl (C=O) groups excluding carboxylic acids is 2. The van der Waals surface area contributed by atoms with Gasteiger partial charge in [0.1, 0.15) is 5.75 Å². The van der Waals surface area contributed by atoms with E-state index in [4.69, 9.17) is 9.84 Å². The number of aliphatic carboxylic acids is 1. The predicted octanol–water partition coefficient (Wildman–Crippen LogP) is 1.06. The highest BCUT2D eigenvalue weighted by Crippen LogP contribution is 2.27. The van der Waals surface area contributed by atoms with E-state index in [0.29, 0.717) is 18.6 Å². The number of amides is 2. The van der Waals surface area contributed by atoms with Gasteiger partial charge in [-0.2, -0.15) is 0 Å². The Hall–Kier alpha value is -2.37. The molecular formula is C14H15NO5. The van der Waals surface area contributed by atoms with Crippen molar-refractivity contribution in [3.63, 3.8) is 0 Å². The van der Waals surface area contributed by atoms with Gasteiger partial charge in [-0.3, -0.25) is 19.7 Å². The van der Waals surface area contributed by atoms with Crippen LogP contribution < -0.4 is 10.1 Å². The Labute approximate surface area is 115 Å². The van der Waals surface area contributed by atoms with Crippen molar-refractivity contribution >= 4 is 17.8 Å². The van der Waals surface area contributed by atoms with Crippen molar-refractivity contribution in [2.45, 2.75) is 25.2 Å². The molecule has 1 aromatic rings. The molecule has 2 amide bonds. The monoisotopic (exact) mass is 277 g/mol. The molecule has 6 nitrogen and oxygen atoms in total. The smallest absolute Gasteiger partial charge is 0.306 e. The lowest BCUT2D eigenvalue weighted by Crippen LogP contribution is -2.39. The molecule has 1 atom stereocenters. The molecule has 0 bridgehead atoms. The summed E-state index contributed by atoms with van der Waals surface area (Å²) in [5.41, 5.74) is 0.767. The maximum atomic E-state index is 11.8. The van der Waals surface area contributed by atoms with Gasteiger partial charge in [0.05, 0.1) is 18.9 Å². The minimum Gasteiger partial charge on any atom is -0.493 e. The van der Waals surface area contributed by atoms with E-state index in [2.05, 4.69) is 5.32 Å². The summed E-state index contributed by atoms with van der Waals surface area (Å²) in [6.07, 6.45) is 0.715. The fourth-order valence-electron chi connectivity index (χ4n) is 2.09. The van der Waals surface area contributed by atoms with Gasteiger partial charge in [0, 0.05) is 6.42 Å². The topological polar surface area (TPSA) is 92.7 Å². The van der Waals surface area contributed by atoms with Gasteiger partial charge in [-0.25, -0.2) is 0 Å². The van der Waals surface area contributed by atoms with Crippen LogP contribution in [0.1, 0.15) is 30.7 Å². The average molecular weight is 277 g/mol. The van der Waals surface area contributed by atoms with E-state index >= 15 is 0 Å². The number of hydrogen-bond donors (Lipinski definition) is 2. The lowest BCUT2D eigenvalue weighted by Gasteiger charge is -2.21. The second-order valence-electron chi connectivity index (χ2n) is 4.57. The van der Waals surface area contributed by atoms with Crippen molar-refractivity contribution in [2.24, 2.45) is 0 Å². The second-order valence-corrected chi connectivity index (χ2v) is 4.57. The van der Waals surface area contributed by atoms with Crippen LogP contribution in [0.2, 0.25) is 0 Å². The number of carboxylic acids is 1. The maximum absolute atomic E-state index is 11.8. The highest BCUT2D eigenvalue weighted by molar-refractivity contribution is 6.00. The number of benzene rings is 1. The van der Waals surface area contributed by atoms with Gasteiger partial charge >= 0.3 is 5.97 Å². The number of nitrogens with one attached hydrogen (secondary N) is 1. The predicted molar refractivity (Wildman–Crippen MR) is 69.3 cm³/mol. The van der Waals surface area contributed by atoms with Crippen LogP contribution in [0.3, 0.4) is 0 Å². The Morgan fingerprint density at radius 2 is 2.20 bits per heavy atom. The summed E-state index contributed by atoms with van der Waals surface area (Å²) in [6.45, 7) is 0.0775. The molecule has 0 spiro atoms. The van der Waals surface area contributed by atoms with Crippen LogP contribution in [-0.4, -0.2) is 29.5 Å². The van der Waals surface area contributed by atoms with Gasteiger partial charge in [-0.05, 0) is 24.1 Å². The van der Waals surface area contributed by atoms with Crippen LogP contribution in [0.25, 0.3) is 0 Å². The molecule has 0 aliphatic carbocycles. The van der Waals surface area contributed by atoms with Crippen LogP contribution >= 0.6 is 0 Å². The Morgan fingerprint density at radius 1 is 1.40 bits per heavy atom. The third-order valence-electron chi connectivity index (χ3n) is 3.08. The first-order valence-corrected chi connectivity index (χ1v) is 6.34. The van der Waals surface area contributed by atoms with E-state index in [9.17, 15) is 14.4 Å². The molecule has 1 aliphatic heterocycles. The van der Waals surface area contributed by atoms with Crippen molar-refractivity contribution in [3.8, 4) is 5.75 Å². The number of carbonyl (C=O) groups is 3. The molecule has 1 aliphatic rings. The molecule has 106 valence electrons. The Balaban J connectivity index is 2.03. The fourth-order valence-corrected chi connectivity index (χ4v) is 2.09. The standard InChI is InChI=1S/C14H15NO5/c16-12-5-4-11(14(19)15-12)9-2-1-3-10(8-9)20-7-6-13(17)18/h1-3,8,11H,4-7H2,(H,17,18)(H,15,16,19). The first kappa shape index (κ1) is 14.0. The highest BCUT2D eigenvalue weighted by atomic mass is 16.5. The van der Waals surface area contributed by atoms with Gasteiger partial charge in [0.2, 0.25) is 11.8 Å². The summed E-state index contributed by atoms with van der Waals surface area (Å²) in [5, 5.41) is 10.9. The van der Waals surface area contributed by atoms with Crippen molar-refractivity contribution in [1.82, 2.24) is 5.32 Å². The van der Waals surface area contributed by atoms with E-state index in [1.807, 2.05) is 0 Å².